The van der Waals surface area contributed by atoms with Crippen molar-refractivity contribution in [1.82, 2.24) is 0 Å². The van der Waals surface area contributed by atoms with Crippen LogP contribution in [0.5, 0.6) is 0 Å². The van der Waals surface area contributed by atoms with Crippen molar-refractivity contribution in [2.24, 2.45) is 0 Å². The summed E-state index contributed by atoms with van der Waals surface area (Å²) in [4.78, 5) is 7.26. The normalized spacial score (nSPS) is 11.4. The molecule has 4 heteroatoms. The summed E-state index contributed by atoms with van der Waals surface area (Å²) < 4.78 is 0. The third-order valence-corrected chi connectivity index (χ3v) is 15.0. The van der Waals surface area contributed by atoms with Gasteiger partial charge in [-0.15, -0.1) is 23.5 Å². The molecule has 0 aliphatic heterocycles. The minimum Gasteiger partial charge on any atom is -0.310 e. The molecule has 0 aliphatic rings. The lowest BCUT2D eigenvalue weighted by Gasteiger charge is -2.26. The van der Waals surface area contributed by atoms with Gasteiger partial charge in [0.15, 0.2) is 0 Å². The molecule has 0 aliphatic carbocycles. The molecular formula is C68H64N2S2. The fraction of sp³-hybridized carbons (Fsp3) is 0.147. The first-order valence-corrected chi connectivity index (χ1v) is 27.5. The van der Waals surface area contributed by atoms with Gasteiger partial charge in [-0.2, -0.15) is 0 Å². The lowest BCUT2D eigenvalue weighted by Crippen LogP contribution is -2.10. The zero-order valence-electron chi connectivity index (χ0n) is 41.6. The van der Waals surface area contributed by atoms with Crippen LogP contribution in [0, 0.1) is 0 Å². The second-order valence-corrected chi connectivity index (χ2v) is 20.4. The lowest BCUT2D eigenvalue weighted by molar-refractivity contribution is 0.795. The SMILES string of the molecule is CCCCc1ccc(N(c2ccc(/C=C/c3ccc(/C=C/c4ccc(N(c5ccc(CCCC)cc5)c5cccc(SCc6ccccc6)c5)cc4)cc3)cc2)c2cccc(SCc3ccccc3)c2)cc1. The van der Waals surface area contributed by atoms with Gasteiger partial charge in [-0.25, -0.2) is 0 Å². The first kappa shape index (κ1) is 49.7. The molecule has 0 aromatic heterocycles. The molecule has 0 saturated heterocycles. The third-order valence-electron chi connectivity index (χ3n) is 12.9. The average Bonchev–Trinajstić information content (AvgIpc) is 3.44. The van der Waals surface area contributed by atoms with E-state index >= 15 is 0 Å². The fourth-order valence-electron chi connectivity index (χ4n) is 8.76. The van der Waals surface area contributed by atoms with Gasteiger partial charge in [-0.3, -0.25) is 0 Å². The van der Waals surface area contributed by atoms with Gasteiger partial charge in [0, 0.05) is 55.4 Å². The Morgan fingerprint density at radius 2 is 0.625 bits per heavy atom. The number of hydrogen-bond acceptors (Lipinski definition) is 4. The highest BCUT2D eigenvalue weighted by Gasteiger charge is 2.16. The van der Waals surface area contributed by atoms with E-state index in [0.29, 0.717) is 0 Å². The smallest absolute Gasteiger partial charge is 0.0472 e. The van der Waals surface area contributed by atoms with Crippen molar-refractivity contribution in [2.45, 2.75) is 73.7 Å². The molecule has 0 atom stereocenters. The van der Waals surface area contributed by atoms with Gasteiger partial charge in [0.1, 0.15) is 0 Å². The molecule has 0 N–H and O–H groups in total. The zero-order chi connectivity index (χ0) is 49.2. The van der Waals surface area contributed by atoms with E-state index in [1.807, 2.05) is 23.5 Å². The van der Waals surface area contributed by atoms with Crippen molar-refractivity contribution in [1.29, 1.82) is 0 Å². The largest absolute Gasteiger partial charge is 0.310 e. The number of aryl methyl sites for hydroxylation is 2. The van der Waals surface area contributed by atoms with Crippen LogP contribution in [0.1, 0.15) is 84.0 Å². The Labute approximate surface area is 437 Å². The van der Waals surface area contributed by atoms with Crippen LogP contribution >= 0.6 is 23.5 Å². The molecule has 9 rings (SSSR count). The van der Waals surface area contributed by atoms with Crippen molar-refractivity contribution in [3.8, 4) is 0 Å². The molecule has 0 amide bonds. The number of anilines is 6. The van der Waals surface area contributed by atoms with Gasteiger partial charge in [0.25, 0.3) is 0 Å². The molecule has 358 valence electrons. The molecule has 0 bridgehead atoms. The topological polar surface area (TPSA) is 6.48 Å². The maximum Gasteiger partial charge on any atom is 0.0472 e. The second kappa shape index (κ2) is 25.7. The van der Waals surface area contributed by atoms with Crippen molar-refractivity contribution in [3.63, 3.8) is 0 Å². The number of hydrogen-bond donors (Lipinski definition) is 0. The first-order chi connectivity index (χ1) is 35.6. The van der Waals surface area contributed by atoms with Crippen molar-refractivity contribution < 1.29 is 0 Å². The molecule has 2 nitrogen and oxygen atoms in total. The summed E-state index contributed by atoms with van der Waals surface area (Å²) in [5.41, 5.74) is 17.0. The lowest BCUT2D eigenvalue weighted by atomic mass is 10.1. The minimum absolute atomic E-state index is 0.938. The van der Waals surface area contributed by atoms with Crippen LogP contribution in [0.2, 0.25) is 0 Å². The molecule has 0 heterocycles. The summed E-state index contributed by atoms with van der Waals surface area (Å²) in [6.45, 7) is 4.51. The van der Waals surface area contributed by atoms with Crippen LogP contribution in [0.25, 0.3) is 24.3 Å². The van der Waals surface area contributed by atoms with Crippen LogP contribution < -0.4 is 9.80 Å². The average molecular weight is 973 g/mol. The van der Waals surface area contributed by atoms with Gasteiger partial charge < -0.3 is 9.80 Å². The van der Waals surface area contributed by atoms with Crippen molar-refractivity contribution in [2.75, 3.05) is 9.80 Å². The molecule has 0 radical (unpaired) electrons. The van der Waals surface area contributed by atoms with Crippen LogP contribution in [0.15, 0.2) is 240 Å². The second-order valence-electron chi connectivity index (χ2n) is 18.3. The molecule has 0 unspecified atom stereocenters. The number of thioether (sulfide) groups is 2. The Hall–Kier alpha value is -7.24. The van der Waals surface area contributed by atoms with E-state index in [4.69, 9.17) is 0 Å². The van der Waals surface area contributed by atoms with Gasteiger partial charge in [0.05, 0.1) is 0 Å². The van der Waals surface area contributed by atoms with E-state index in [9.17, 15) is 0 Å². The first-order valence-electron chi connectivity index (χ1n) is 25.5. The fourth-order valence-corrected chi connectivity index (χ4v) is 10.6. The van der Waals surface area contributed by atoms with Gasteiger partial charge in [-0.1, -0.05) is 197 Å². The highest BCUT2D eigenvalue weighted by atomic mass is 32.2. The summed E-state index contributed by atoms with van der Waals surface area (Å²) in [6.07, 6.45) is 15.8. The maximum atomic E-state index is 2.38. The van der Waals surface area contributed by atoms with E-state index in [1.165, 1.54) is 57.7 Å². The summed E-state index contributed by atoms with van der Waals surface area (Å²) in [5.74, 6) is 1.88. The summed E-state index contributed by atoms with van der Waals surface area (Å²) in [7, 11) is 0. The number of unbranched alkanes of at least 4 members (excludes halogenated alkanes) is 2. The highest BCUT2D eigenvalue weighted by molar-refractivity contribution is 7.98. The number of nitrogens with zero attached hydrogens (tertiary/aromatic N) is 2. The molecule has 9 aromatic carbocycles. The molecule has 0 spiro atoms. The van der Waals surface area contributed by atoms with Crippen LogP contribution in [0.4, 0.5) is 34.1 Å². The van der Waals surface area contributed by atoms with E-state index in [-0.39, 0.29) is 0 Å². The van der Waals surface area contributed by atoms with Crippen LogP contribution in [0.3, 0.4) is 0 Å². The van der Waals surface area contributed by atoms with Crippen molar-refractivity contribution >= 4 is 82.0 Å². The monoisotopic (exact) mass is 972 g/mol. The number of rotatable bonds is 22. The quantitative estimate of drug-likeness (QED) is 0.0493. The van der Waals surface area contributed by atoms with Gasteiger partial charge >= 0.3 is 0 Å². The Morgan fingerprint density at radius 3 is 0.958 bits per heavy atom. The van der Waals surface area contributed by atoms with Crippen LogP contribution in [-0.2, 0) is 24.3 Å². The Morgan fingerprint density at radius 1 is 0.306 bits per heavy atom. The predicted molar refractivity (Wildman–Crippen MR) is 316 cm³/mol. The van der Waals surface area contributed by atoms with Crippen LogP contribution in [-0.4, -0.2) is 0 Å². The Balaban J connectivity index is 0.869. The van der Waals surface area contributed by atoms with Gasteiger partial charge in [-0.05, 0) is 155 Å². The van der Waals surface area contributed by atoms with E-state index in [2.05, 4.69) is 278 Å². The van der Waals surface area contributed by atoms with E-state index < -0.39 is 0 Å². The number of benzene rings is 9. The summed E-state index contributed by atoms with van der Waals surface area (Å²) >= 11 is 3.75. The predicted octanol–water partition coefficient (Wildman–Crippen LogP) is 20.2. The Kier molecular flexibility index (Phi) is 17.8. The highest BCUT2D eigenvalue weighted by Crippen LogP contribution is 2.39. The third kappa shape index (κ3) is 14.0. The van der Waals surface area contributed by atoms with E-state index in [0.717, 1.165) is 80.7 Å². The molecule has 0 saturated carbocycles. The summed E-state index contributed by atoms with van der Waals surface area (Å²) in [5, 5.41) is 0. The zero-order valence-corrected chi connectivity index (χ0v) is 43.2. The molecule has 0 fully saturated rings. The van der Waals surface area contributed by atoms with Crippen molar-refractivity contribution in [3.05, 3.63) is 275 Å². The molecule has 9 aromatic rings. The van der Waals surface area contributed by atoms with Gasteiger partial charge in [0.2, 0.25) is 0 Å². The minimum atomic E-state index is 0.938. The van der Waals surface area contributed by atoms with E-state index in [1.54, 1.807) is 0 Å². The molecule has 72 heavy (non-hydrogen) atoms. The maximum absolute atomic E-state index is 2.38. The summed E-state index contributed by atoms with van der Waals surface area (Å²) in [6, 6.07) is 84.1. The Bertz CT molecular complexity index is 2890. The molecular weight excluding hydrogens is 909 g/mol. The standard InChI is InChI=1S/C68H64N2S2/c1-3-5-15-53-33-41-61(42-34-53)69(65-21-13-23-67(49-65)71-51-59-17-9-7-10-18-59)63-45-37-57(38-46-63)31-29-55-25-27-56(28-26-55)30-32-58-39-47-64(48-40-58)70(62-43-35-54(36-44-62)16-6-4-2)66-22-14-24-68(50-66)72-52-60-19-11-8-12-20-60/h7-14,17-50H,3-6,15-16,51-52H2,1-2H3/b31-29+,32-30+.